The van der Waals surface area contributed by atoms with E-state index in [2.05, 4.69) is 9.47 Å². The van der Waals surface area contributed by atoms with Gasteiger partial charge in [0.1, 0.15) is 0 Å². The molecule has 100 valence electrons. The molecular weight excluding hydrogens is 236 g/mol. The van der Waals surface area contributed by atoms with E-state index in [1.165, 1.54) is 32.4 Å². The monoisotopic (exact) mass is 256 g/mol. The lowest BCUT2D eigenvalue weighted by atomic mass is 10.1. The first-order valence-corrected chi connectivity index (χ1v) is 7.15. The number of nitrogens with zero attached hydrogens (tertiary/aromatic N) is 2. The zero-order valence-corrected chi connectivity index (χ0v) is 11.2. The van der Waals surface area contributed by atoms with E-state index in [0.717, 1.165) is 24.0 Å². The Morgan fingerprint density at radius 1 is 0.947 bits per heavy atom. The number of aromatic nitrogens is 1. The third-order valence-corrected chi connectivity index (χ3v) is 3.99. The summed E-state index contributed by atoms with van der Waals surface area (Å²) in [5, 5.41) is 0.823. The molecule has 0 aliphatic carbocycles. The molecule has 0 saturated carbocycles. The Kier molecular flexibility index (Phi) is 3.65. The van der Waals surface area contributed by atoms with Crippen LogP contribution < -0.4 is 5.43 Å². The Hall–Kier alpha value is -1.61. The van der Waals surface area contributed by atoms with Gasteiger partial charge in [0.2, 0.25) is 0 Å². The van der Waals surface area contributed by atoms with Crippen molar-refractivity contribution in [2.45, 2.75) is 25.8 Å². The molecule has 0 bridgehead atoms. The molecule has 0 unspecified atom stereocenters. The summed E-state index contributed by atoms with van der Waals surface area (Å²) in [7, 11) is 0. The highest BCUT2D eigenvalue weighted by molar-refractivity contribution is 5.78. The normalized spacial score (nSPS) is 16.8. The fourth-order valence-corrected chi connectivity index (χ4v) is 2.89. The summed E-state index contributed by atoms with van der Waals surface area (Å²) in [6, 6.07) is 9.55. The molecule has 2 aromatic rings. The summed E-state index contributed by atoms with van der Waals surface area (Å²) in [4.78, 5) is 14.3. The molecule has 19 heavy (non-hydrogen) atoms. The van der Waals surface area contributed by atoms with Gasteiger partial charge in [0.05, 0.1) is 5.52 Å². The van der Waals surface area contributed by atoms with Crippen LogP contribution in [-0.2, 0) is 6.54 Å². The Morgan fingerprint density at radius 3 is 2.58 bits per heavy atom. The maximum absolute atomic E-state index is 11.8. The predicted molar refractivity (Wildman–Crippen MR) is 78.5 cm³/mol. The number of hydrogen-bond donors (Lipinski definition) is 0. The molecule has 1 aliphatic heterocycles. The molecule has 0 N–H and O–H groups in total. The second-order valence-electron chi connectivity index (χ2n) is 5.29. The number of pyridine rings is 1. The lowest BCUT2D eigenvalue weighted by Gasteiger charge is -2.26. The van der Waals surface area contributed by atoms with Gasteiger partial charge in [-0.25, -0.2) is 0 Å². The largest absolute Gasteiger partial charge is 0.346 e. The van der Waals surface area contributed by atoms with Gasteiger partial charge >= 0.3 is 0 Å². The number of likely N-dealkylation sites (tertiary alicyclic amines) is 1. The van der Waals surface area contributed by atoms with Gasteiger partial charge < -0.3 is 9.47 Å². The lowest BCUT2D eigenvalue weighted by Crippen LogP contribution is -2.32. The molecule has 3 nitrogen and oxygen atoms in total. The van der Waals surface area contributed by atoms with E-state index in [0.29, 0.717) is 0 Å². The fourth-order valence-electron chi connectivity index (χ4n) is 2.89. The number of para-hydroxylation sites is 1. The van der Waals surface area contributed by atoms with Crippen molar-refractivity contribution in [3.63, 3.8) is 0 Å². The average Bonchev–Trinajstić information content (AvgIpc) is 2.48. The van der Waals surface area contributed by atoms with Crippen molar-refractivity contribution in [3.05, 3.63) is 46.8 Å². The first kappa shape index (κ1) is 12.4. The highest BCUT2D eigenvalue weighted by atomic mass is 16.1. The summed E-state index contributed by atoms with van der Waals surface area (Å²) < 4.78 is 2.20. The van der Waals surface area contributed by atoms with Gasteiger partial charge in [-0.05, 0) is 38.1 Å². The van der Waals surface area contributed by atoms with Gasteiger partial charge in [0, 0.05) is 30.7 Å². The zero-order valence-electron chi connectivity index (χ0n) is 11.2. The topological polar surface area (TPSA) is 25.2 Å². The predicted octanol–water partition coefficient (Wildman–Crippen LogP) is 2.49. The minimum Gasteiger partial charge on any atom is -0.346 e. The third-order valence-electron chi connectivity index (χ3n) is 3.99. The van der Waals surface area contributed by atoms with E-state index in [1.54, 1.807) is 6.07 Å². The highest BCUT2D eigenvalue weighted by Gasteiger charge is 2.10. The Labute approximate surface area is 113 Å². The highest BCUT2D eigenvalue weighted by Crippen LogP contribution is 2.11. The van der Waals surface area contributed by atoms with Gasteiger partial charge in [-0.2, -0.15) is 0 Å². The van der Waals surface area contributed by atoms with Crippen LogP contribution in [0, 0.1) is 0 Å². The molecule has 1 saturated heterocycles. The zero-order chi connectivity index (χ0) is 13.1. The van der Waals surface area contributed by atoms with Crippen LogP contribution in [0.1, 0.15) is 19.3 Å². The standard InChI is InChI=1S/C16H20N2O/c19-16-8-11-18(15-7-3-2-6-14(15)16)13-12-17-9-4-1-5-10-17/h2-3,6-8,11H,1,4-5,9-10,12-13H2. The van der Waals surface area contributed by atoms with Crippen LogP contribution in [-0.4, -0.2) is 29.1 Å². The minimum absolute atomic E-state index is 0.116. The van der Waals surface area contributed by atoms with E-state index in [-0.39, 0.29) is 5.43 Å². The molecule has 0 spiro atoms. The van der Waals surface area contributed by atoms with Crippen molar-refractivity contribution >= 4 is 10.9 Å². The molecule has 3 rings (SSSR count). The Morgan fingerprint density at radius 2 is 1.74 bits per heavy atom. The summed E-state index contributed by atoms with van der Waals surface area (Å²) >= 11 is 0. The smallest absolute Gasteiger partial charge is 0.189 e. The van der Waals surface area contributed by atoms with Gasteiger partial charge in [0.25, 0.3) is 0 Å². The molecule has 1 aliphatic rings. The SMILES string of the molecule is O=c1ccn(CCN2CCCCC2)c2ccccc12. The average molecular weight is 256 g/mol. The molecule has 1 aromatic carbocycles. The third kappa shape index (κ3) is 2.71. The maximum atomic E-state index is 11.8. The van der Waals surface area contributed by atoms with Crippen LogP contribution in [0.4, 0.5) is 0 Å². The van der Waals surface area contributed by atoms with Crippen molar-refractivity contribution in [1.82, 2.24) is 9.47 Å². The van der Waals surface area contributed by atoms with E-state index >= 15 is 0 Å². The number of benzene rings is 1. The first-order chi connectivity index (χ1) is 9.34. The summed E-state index contributed by atoms with van der Waals surface area (Å²) in [5.41, 5.74) is 1.16. The van der Waals surface area contributed by atoms with Crippen molar-refractivity contribution in [1.29, 1.82) is 0 Å². The quantitative estimate of drug-likeness (QED) is 0.843. The van der Waals surface area contributed by atoms with Crippen LogP contribution in [0.25, 0.3) is 10.9 Å². The molecule has 0 amide bonds. The van der Waals surface area contributed by atoms with E-state index in [9.17, 15) is 4.79 Å². The second kappa shape index (κ2) is 5.57. The summed E-state index contributed by atoms with van der Waals surface area (Å²) in [6.07, 6.45) is 5.95. The number of piperidine rings is 1. The number of rotatable bonds is 3. The number of hydrogen-bond acceptors (Lipinski definition) is 2. The van der Waals surface area contributed by atoms with Crippen molar-refractivity contribution in [3.8, 4) is 0 Å². The van der Waals surface area contributed by atoms with Gasteiger partial charge in [-0.15, -0.1) is 0 Å². The second-order valence-corrected chi connectivity index (χ2v) is 5.29. The fraction of sp³-hybridized carbons (Fsp3) is 0.438. The van der Waals surface area contributed by atoms with Crippen molar-refractivity contribution in [2.24, 2.45) is 0 Å². The van der Waals surface area contributed by atoms with Gasteiger partial charge in [-0.1, -0.05) is 18.6 Å². The lowest BCUT2D eigenvalue weighted by molar-refractivity contribution is 0.221. The molecular formula is C16H20N2O. The van der Waals surface area contributed by atoms with Crippen LogP contribution in [0.15, 0.2) is 41.3 Å². The summed E-state index contributed by atoms with van der Waals surface area (Å²) in [6.45, 7) is 4.48. The maximum Gasteiger partial charge on any atom is 0.189 e. The first-order valence-electron chi connectivity index (χ1n) is 7.15. The van der Waals surface area contributed by atoms with Crippen LogP contribution >= 0.6 is 0 Å². The molecule has 1 aromatic heterocycles. The molecule has 3 heteroatoms. The van der Waals surface area contributed by atoms with Crippen LogP contribution in [0.2, 0.25) is 0 Å². The molecule has 0 atom stereocenters. The number of fused-ring (bicyclic) bond motifs is 1. The van der Waals surface area contributed by atoms with Crippen LogP contribution in [0.5, 0.6) is 0 Å². The van der Waals surface area contributed by atoms with E-state index in [4.69, 9.17) is 0 Å². The van der Waals surface area contributed by atoms with Crippen molar-refractivity contribution in [2.75, 3.05) is 19.6 Å². The van der Waals surface area contributed by atoms with Crippen molar-refractivity contribution < 1.29 is 0 Å². The van der Waals surface area contributed by atoms with Gasteiger partial charge in [-0.3, -0.25) is 4.79 Å². The van der Waals surface area contributed by atoms with E-state index < -0.39 is 0 Å². The van der Waals surface area contributed by atoms with Gasteiger partial charge in [0.15, 0.2) is 5.43 Å². The van der Waals surface area contributed by atoms with Crippen LogP contribution in [0.3, 0.4) is 0 Å². The summed E-state index contributed by atoms with van der Waals surface area (Å²) in [5.74, 6) is 0. The molecule has 2 heterocycles. The Balaban J connectivity index is 1.81. The Bertz CT molecular complexity index is 611. The molecule has 1 fully saturated rings. The van der Waals surface area contributed by atoms with E-state index in [1.807, 2.05) is 30.5 Å². The minimum atomic E-state index is 0.116. The molecule has 0 radical (unpaired) electrons.